The Labute approximate surface area is 144 Å². The minimum atomic E-state index is -3.99. The monoisotopic (exact) mass is 368 g/mol. The van der Waals surface area contributed by atoms with Gasteiger partial charge < -0.3 is 10.1 Å². The summed E-state index contributed by atoms with van der Waals surface area (Å²) in [4.78, 5) is 11.9. The van der Waals surface area contributed by atoms with Crippen molar-refractivity contribution in [3.8, 4) is 5.75 Å². The third-order valence-corrected chi connectivity index (χ3v) is 5.88. The molecule has 1 aliphatic heterocycles. The van der Waals surface area contributed by atoms with Gasteiger partial charge in [-0.25, -0.2) is 12.8 Å². The molecule has 1 N–H and O–H groups in total. The quantitative estimate of drug-likeness (QED) is 0.849. The van der Waals surface area contributed by atoms with E-state index in [1.54, 1.807) is 6.07 Å². The second kappa shape index (κ2) is 6.45. The predicted molar refractivity (Wildman–Crippen MR) is 85.9 cm³/mol. The molecule has 25 heavy (non-hydrogen) atoms. The SMILES string of the molecule is CNC(=O)C1CN(S(=O)(=O)c2ccc(OC)c(F)c2)Cc2ccnn21. The summed E-state index contributed by atoms with van der Waals surface area (Å²) in [5, 5.41) is 6.59. The normalized spacial score (nSPS) is 17.8. The van der Waals surface area contributed by atoms with Crippen LogP contribution in [0.4, 0.5) is 4.39 Å². The molecule has 1 atom stereocenters. The number of halogens is 1. The Kier molecular flexibility index (Phi) is 4.48. The summed E-state index contributed by atoms with van der Waals surface area (Å²) in [7, 11) is -1.22. The molecule has 134 valence electrons. The molecule has 1 aliphatic rings. The molecule has 1 unspecified atom stereocenters. The van der Waals surface area contributed by atoms with Crippen molar-refractivity contribution in [3.05, 3.63) is 42.0 Å². The molecule has 0 spiro atoms. The molecule has 2 heterocycles. The van der Waals surface area contributed by atoms with Crippen LogP contribution in [0.5, 0.6) is 5.75 Å². The van der Waals surface area contributed by atoms with Crippen LogP contribution in [0, 0.1) is 5.82 Å². The zero-order valence-electron chi connectivity index (χ0n) is 13.6. The van der Waals surface area contributed by atoms with E-state index in [1.165, 1.54) is 37.2 Å². The zero-order valence-corrected chi connectivity index (χ0v) is 14.5. The number of aromatic nitrogens is 2. The summed E-state index contributed by atoms with van der Waals surface area (Å²) >= 11 is 0. The van der Waals surface area contributed by atoms with Crippen molar-refractivity contribution in [1.29, 1.82) is 0 Å². The maximum absolute atomic E-state index is 13.9. The summed E-state index contributed by atoms with van der Waals surface area (Å²) in [5.74, 6) is -1.17. The van der Waals surface area contributed by atoms with Crippen LogP contribution in [0.15, 0.2) is 35.4 Å². The highest BCUT2D eigenvalue weighted by Crippen LogP contribution is 2.28. The fourth-order valence-electron chi connectivity index (χ4n) is 2.76. The number of nitrogens with one attached hydrogen (secondary N) is 1. The molecule has 0 bridgehead atoms. The van der Waals surface area contributed by atoms with E-state index in [4.69, 9.17) is 4.74 Å². The maximum Gasteiger partial charge on any atom is 0.246 e. The zero-order chi connectivity index (χ0) is 18.2. The first-order valence-corrected chi connectivity index (χ1v) is 8.90. The number of ether oxygens (including phenoxy) is 1. The number of benzene rings is 1. The lowest BCUT2D eigenvalue weighted by atomic mass is 10.2. The molecular weight excluding hydrogens is 351 g/mol. The van der Waals surface area contributed by atoms with E-state index < -0.39 is 21.9 Å². The van der Waals surface area contributed by atoms with Crippen molar-refractivity contribution in [2.24, 2.45) is 0 Å². The van der Waals surface area contributed by atoms with Crippen molar-refractivity contribution in [2.75, 3.05) is 20.7 Å². The Morgan fingerprint density at radius 1 is 1.40 bits per heavy atom. The van der Waals surface area contributed by atoms with Gasteiger partial charge in [0.15, 0.2) is 11.6 Å². The minimum absolute atomic E-state index is 0.0427. The Bertz CT molecular complexity index is 912. The van der Waals surface area contributed by atoms with Gasteiger partial charge in [-0.05, 0) is 24.3 Å². The number of carbonyl (C=O) groups excluding carboxylic acids is 1. The fraction of sp³-hybridized carbons (Fsp3) is 0.333. The fourth-order valence-corrected chi connectivity index (χ4v) is 4.19. The minimum Gasteiger partial charge on any atom is -0.494 e. The molecule has 8 nitrogen and oxygen atoms in total. The van der Waals surface area contributed by atoms with Gasteiger partial charge in [0, 0.05) is 19.8 Å². The van der Waals surface area contributed by atoms with Gasteiger partial charge in [0.25, 0.3) is 0 Å². The van der Waals surface area contributed by atoms with Gasteiger partial charge in [-0.3, -0.25) is 9.48 Å². The van der Waals surface area contributed by atoms with E-state index in [1.807, 2.05) is 0 Å². The second-order valence-electron chi connectivity index (χ2n) is 5.49. The first-order chi connectivity index (χ1) is 11.9. The number of hydrogen-bond donors (Lipinski definition) is 1. The van der Waals surface area contributed by atoms with Crippen LogP contribution in [0.3, 0.4) is 0 Å². The number of hydrogen-bond acceptors (Lipinski definition) is 5. The molecule has 0 radical (unpaired) electrons. The van der Waals surface area contributed by atoms with Gasteiger partial charge in [0.05, 0.1) is 24.2 Å². The maximum atomic E-state index is 13.9. The molecule has 3 rings (SSSR count). The number of sulfonamides is 1. The van der Waals surface area contributed by atoms with Crippen molar-refractivity contribution in [3.63, 3.8) is 0 Å². The van der Waals surface area contributed by atoms with E-state index in [2.05, 4.69) is 10.4 Å². The highest BCUT2D eigenvalue weighted by atomic mass is 32.2. The van der Waals surface area contributed by atoms with Gasteiger partial charge in [-0.15, -0.1) is 0 Å². The number of rotatable bonds is 4. The molecule has 2 aromatic rings. The molecule has 1 amide bonds. The number of amides is 1. The van der Waals surface area contributed by atoms with Crippen LogP contribution in [-0.2, 0) is 21.4 Å². The molecule has 1 aromatic heterocycles. The number of likely N-dealkylation sites (N-methyl/N-ethyl adjacent to an activating group) is 1. The number of nitrogens with zero attached hydrogens (tertiary/aromatic N) is 3. The number of fused-ring (bicyclic) bond motifs is 1. The third-order valence-electron chi connectivity index (χ3n) is 4.07. The van der Waals surface area contributed by atoms with Crippen molar-refractivity contribution >= 4 is 15.9 Å². The van der Waals surface area contributed by atoms with Crippen LogP contribution in [0.1, 0.15) is 11.7 Å². The van der Waals surface area contributed by atoms with Gasteiger partial charge in [0.1, 0.15) is 6.04 Å². The van der Waals surface area contributed by atoms with Crippen LogP contribution < -0.4 is 10.1 Å². The first kappa shape index (κ1) is 17.4. The molecule has 0 saturated carbocycles. The van der Waals surface area contributed by atoms with Crippen molar-refractivity contribution < 1.29 is 22.3 Å². The predicted octanol–water partition coefficient (Wildman–Crippen LogP) is 0.522. The highest BCUT2D eigenvalue weighted by molar-refractivity contribution is 7.89. The van der Waals surface area contributed by atoms with E-state index in [0.717, 1.165) is 10.4 Å². The summed E-state index contributed by atoms with van der Waals surface area (Å²) < 4.78 is 47.1. The van der Waals surface area contributed by atoms with E-state index >= 15 is 0 Å². The van der Waals surface area contributed by atoms with E-state index in [-0.39, 0.29) is 29.6 Å². The molecule has 10 heteroatoms. The lowest BCUT2D eigenvalue weighted by molar-refractivity contribution is -0.124. The molecule has 0 saturated heterocycles. The molecule has 0 aliphatic carbocycles. The molecule has 0 fully saturated rings. The summed E-state index contributed by atoms with van der Waals surface area (Å²) in [6.45, 7) is -0.0478. The summed E-state index contributed by atoms with van der Waals surface area (Å²) in [6, 6.07) is 4.30. The lowest BCUT2D eigenvalue weighted by Gasteiger charge is -2.32. The first-order valence-electron chi connectivity index (χ1n) is 7.46. The Hall–Kier alpha value is -2.46. The standard InChI is InChI=1S/C15H17FN4O4S/c1-17-15(21)13-9-19(8-10-5-6-18-20(10)13)25(22,23)11-3-4-14(24-2)12(16)7-11/h3-7,13H,8-9H2,1-2H3,(H,17,21). The van der Waals surface area contributed by atoms with Gasteiger partial charge in [0.2, 0.25) is 15.9 Å². The van der Waals surface area contributed by atoms with E-state index in [0.29, 0.717) is 5.69 Å². The number of carbonyl (C=O) groups is 1. The summed E-state index contributed by atoms with van der Waals surface area (Å²) in [6.07, 6.45) is 1.51. The lowest BCUT2D eigenvalue weighted by Crippen LogP contribution is -2.46. The summed E-state index contributed by atoms with van der Waals surface area (Å²) in [5.41, 5.74) is 0.581. The van der Waals surface area contributed by atoms with Crippen molar-refractivity contribution in [2.45, 2.75) is 17.5 Å². The average Bonchev–Trinajstić information content (AvgIpc) is 3.08. The average molecular weight is 368 g/mol. The van der Waals surface area contributed by atoms with Crippen LogP contribution >= 0.6 is 0 Å². The largest absolute Gasteiger partial charge is 0.494 e. The Balaban J connectivity index is 1.98. The molecular formula is C15H17FN4O4S. The van der Waals surface area contributed by atoms with E-state index in [9.17, 15) is 17.6 Å². The third kappa shape index (κ3) is 2.98. The number of methoxy groups -OCH3 is 1. The smallest absolute Gasteiger partial charge is 0.246 e. The van der Waals surface area contributed by atoms with Gasteiger partial charge in [-0.1, -0.05) is 0 Å². The topological polar surface area (TPSA) is 93.5 Å². The van der Waals surface area contributed by atoms with Crippen LogP contribution in [0.2, 0.25) is 0 Å². The molecule has 1 aromatic carbocycles. The second-order valence-corrected chi connectivity index (χ2v) is 7.43. The van der Waals surface area contributed by atoms with Gasteiger partial charge >= 0.3 is 0 Å². The Morgan fingerprint density at radius 3 is 2.80 bits per heavy atom. The van der Waals surface area contributed by atoms with Gasteiger partial charge in [-0.2, -0.15) is 9.40 Å². The Morgan fingerprint density at radius 2 is 2.16 bits per heavy atom. The van der Waals surface area contributed by atoms with Crippen LogP contribution in [0.25, 0.3) is 0 Å². The van der Waals surface area contributed by atoms with Crippen molar-refractivity contribution in [1.82, 2.24) is 19.4 Å². The highest BCUT2D eigenvalue weighted by Gasteiger charge is 2.37. The van der Waals surface area contributed by atoms with Crippen LogP contribution in [-0.4, -0.2) is 49.1 Å².